The lowest BCUT2D eigenvalue weighted by atomic mass is 10.1. The molecule has 0 N–H and O–H groups in total. The molecular formula is C25H21N3O2S3. The number of thioether (sulfide) groups is 1. The highest BCUT2D eigenvalue weighted by atomic mass is 32.2. The Hall–Kier alpha value is -2.94. The van der Waals surface area contributed by atoms with Gasteiger partial charge in [-0.2, -0.15) is 0 Å². The summed E-state index contributed by atoms with van der Waals surface area (Å²) in [4.78, 5) is 31.3. The first-order valence-electron chi connectivity index (χ1n) is 10.7. The minimum atomic E-state index is -0.146. The Kier molecular flexibility index (Phi) is 5.82. The number of likely N-dealkylation sites (N-methyl/N-ethyl adjacent to an activating group) is 1. The van der Waals surface area contributed by atoms with Crippen LogP contribution in [0, 0.1) is 0 Å². The highest BCUT2D eigenvalue weighted by Gasteiger charge is 2.33. The summed E-state index contributed by atoms with van der Waals surface area (Å²) in [5.41, 5.74) is 3.61. The number of rotatable bonds is 3. The quantitative estimate of drug-likeness (QED) is 0.525. The molecule has 0 atom stereocenters. The smallest absolute Gasteiger partial charge is 0.275 e. The molecule has 166 valence electrons. The zero-order valence-electron chi connectivity index (χ0n) is 18.1. The van der Waals surface area contributed by atoms with Gasteiger partial charge in [0.25, 0.3) is 11.5 Å². The molecule has 5 rings (SSSR count). The summed E-state index contributed by atoms with van der Waals surface area (Å²) in [5.74, 6) is -0.146. The number of thiocarbonyl (C=S) groups is 1. The van der Waals surface area contributed by atoms with Gasteiger partial charge in [-0.05, 0) is 43.7 Å². The largest absolute Gasteiger partial charge is 0.340 e. The van der Waals surface area contributed by atoms with Crippen LogP contribution >= 0.6 is 35.3 Å². The molecule has 2 aliphatic heterocycles. The molecule has 1 fully saturated rings. The van der Waals surface area contributed by atoms with E-state index >= 15 is 0 Å². The molecule has 3 aromatic rings. The Balaban J connectivity index is 1.87. The van der Waals surface area contributed by atoms with E-state index in [4.69, 9.17) is 12.2 Å². The third kappa shape index (κ3) is 3.58. The van der Waals surface area contributed by atoms with Gasteiger partial charge in [0.15, 0.2) is 0 Å². The number of aromatic nitrogens is 1. The molecule has 2 aliphatic rings. The molecule has 1 aromatic heterocycles. The summed E-state index contributed by atoms with van der Waals surface area (Å²) >= 11 is 8.06. The lowest BCUT2D eigenvalue weighted by Gasteiger charge is -2.28. The number of para-hydroxylation sites is 2. The summed E-state index contributed by atoms with van der Waals surface area (Å²) in [7, 11) is 0. The normalized spacial score (nSPS) is 18.8. The van der Waals surface area contributed by atoms with Gasteiger partial charge in [-0.25, -0.2) is 0 Å². The number of anilines is 1. The van der Waals surface area contributed by atoms with E-state index in [1.54, 1.807) is 9.47 Å². The highest BCUT2D eigenvalue weighted by molar-refractivity contribution is 8.30. The van der Waals surface area contributed by atoms with Crippen molar-refractivity contribution in [3.05, 3.63) is 85.8 Å². The van der Waals surface area contributed by atoms with Gasteiger partial charge < -0.3 is 4.90 Å². The number of nitrogens with zero attached hydrogens (tertiary/aromatic N) is 3. The Bertz CT molecular complexity index is 1490. The molecule has 1 saturated heterocycles. The molecule has 0 saturated carbocycles. The van der Waals surface area contributed by atoms with Crippen molar-refractivity contribution >= 4 is 67.9 Å². The Morgan fingerprint density at radius 3 is 2.27 bits per heavy atom. The second-order valence-corrected chi connectivity index (χ2v) is 10.1. The van der Waals surface area contributed by atoms with Crippen LogP contribution < -0.4 is 19.7 Å². The molecule has 0 aliphatic carbocycles. The monoisotopic (exact) mass is 491 g/mol. The fourth-order valence-corrected chi connectivity index (χ4v) is 6.80. The van der Waals surface area contributed by atoms with E-state index in [9.17, 15) is 9.59 Å². The molecule has 0 unspecified atom stereocenters. The number of benzene rings is 2. The van der Waals surface area contributed by atoms with Crippen molar-refractivity contribution < 1.29 is 4.79 Å². The van der Waals surface area contributed by atoms with Crippen molar-refractivity contribution in [3.63, 3.8) is 0 Å². The van der Waals surface area contributed by atoms with Crippen molar-refractivity contribution in [1.82, 2.24) is 9.47 Å². The van der Waals surface area contributed by atoms with Gasteiger partial charge in [-0.15, -0.1) is 11.3 Å². The number of thiazole rings is 1. The van der Waals surface area contributed by atoms with Gasteiger partial charge in [0.2, 0.25) is 0 Å². The number of carbonyl (C=O) groups is 1. The molecule has 0 radical (unpaired) electrons. The third-order valence-electron chi connectivity index (χ3n) is 5.66. The number of amides is 1. The Labute approximate surface area is 205 Å². The zero-order chi connectivity index (χ0) is 23.1. The summed E-state index contributed by atoms with van der Waals surface area (Å²) in [6, 6.07) is 17.6. The lowest BCUT2D eigenvalue weighted by molar-refractivity contribution is -0.120. The number of hydrogen-bond acceptors (Lipinski definition) is 6. The van der Waals surface area contributed by atoms with E-state index in [1.807, 2.05) is 61.5 Å². The molecular weight excluding hydrogens is 470 g/mol. The molecule has 33 heavy (non-hydrogen) atoms. The molecule has 2 aromatic carbocycles. The number of fused-ring (bicyclic) bond motifs is 1. The maximum Gasteiger partial charge on any atom is 0.275 e. The van der Waals surface area contributed by atoms with Crippen LogP contribution in [-0.2, 0) is 4.79 Å². The van der Waals surface area contributed by atoms with Gasteiger partial charge in [-0.3, -0.25) is 19.1 Å². The molecule has 8 heteroatoms. The molecule has 3 heterocycles. The van der Waals surface area contributed by atoms with Crippen LogP contribution in [-0.4, -0.2) is 32.8 Å². The van der Waals surface area contributed by atoms with Crippen molar-refractivity contribution in [2.75, 3.05) is 18.0 Å². The summed E-state index contributed by atoms with van der Waals surface area (Å²) in [5, 5.41) is 0. The van der Waals surface area contributed by atoms with E-state index in [0.29, 0.717) is 31.5 Å². The van der Waals surface area contributed by atoms with Crippen LogP contribution in [0.15, 0.2) is 65.5 Å². The zero-order valence-corrected chi connectivity index (χ0v) is 20.6. The minimum Gasteiger partial charge on any atom is -0.340 e. The average molecular weight is 492 g/mol. The standard InChI is InChI=1S/C25H21N3O2S3/c1-3-26-18-13-9-8-10-16(18)14-15-19(26)20-23(30)28(17-11-6-5-7-12-17)24(32-20)21-22(29)27(4-2)25(31)33-21/h5-15H,3-4H2,1-2H3/b20-19+,24-21-. The van der Waals surface area contributed by atoms with E-state index in [-0.39, 0.29) is 11.5 Å². The Morgan fingerprint density at radius 2 is 1.58 bits per heavy atom. The molecule has 0 bridgehead atoms. The van der Waals surface area contributed by atoms with Gasteiger partial charge in [0.05, 0.1) is 11.4 Å². The third-order valence-corrected chi connectivity index (χ3v) is 8.40. The Morgan fingerprint density at radius 1 is 0.879 bits per heavy atom. The van der Waals surface area contributed by atoms with Gasteiger partial charge >= 0.3 is 0 Å². The van der Waals surface area contributed by atoms with Gasteiger partial charge in [-0.1, -0.05) is 66.5 Å². The van der Waals surface area contributed by atoms with Gasteiger partial charge in [0.1, 0.15) is 18.4 Å². The second-order valence-electron chi connectivity index (χ2n) is 7.48. The number of carbonyl (C=O) groups excluding carboxylic acids is 1. The van der Waals surface area contributed by atoms with E-state index in [0.717, 1.165) is 22.6 Å². The van der Waals surface area contributed by atoms with Crippen LogP contribution in [0.4, 0.5) is 5.69 Å². The van der Waals surface area contributed by atoms with E-state index in [2.05, 4.69) is 24.0 Å². The van der Waals surface area contributed by atoms with E-state index in [1.165, 1.54) is 23.1 Å². The first-order chi connectivity index (χ1) is 16.0. The predicted molar refractivity (Wildman–Crippen MR) is 142 cm³/mol. The lowest BCUT2D eigenvalue weighted by Crippen LogP contribution is -2.36. The summed E-state index contributed by atoms with van der Waals surface area (Å²) < 4.78 is 3.39. The maximum absolute atomic E-state index is 13.9. The first kappa shape index (κ1) is 21.9. The van der Waals surface area contributed by atoms with Crippen LogP contribution in [0.5, 0.6) is 0 Å². The predicted octanol–water partition coefficient (Wildman–Crippen LogP) is 3.55. The minimum absolute atomic E-state index is 0.138. The van der Waals surface area contributed by atoms with Crippen LogP contribution in [0.3, 0.4) is 0 Å². The fourth-order valence-electron chi connectivity index (χ4n) is 4.10. The summed E-state index contributed by atoms with van der Waals surface area (Å²) in [6.45, 7) is 5.19. The van der Waals surface area contributed by atoms with Crippen LogP contribution in [0.25, 0.3) is 22.4 Å². The second kappa shape index (κ2) is 8.78. The molecule has 0 spiro atoms. The van der Waals surface area contributed by atoms with Crippen molar-refractivity contribution in [3.8, 4) is 5.69 Å². The number of hydrogen-bond donors (Lipinski definition) is 0. The van der Waals surface area contributed by atoms with Crippen molar-refractivity contribution in [2.45, 2.75) is 13.8 Å². The fraction of sp³-hybridized carbons (Fsp3) is 0.160. The van der Waals surface area contributed by atoms with Crippen LogP contribution in [0.1, 0.15) is 19.4 Å². The summed E-state index contributed by atoms with van der Waals surface area (Å²) in [6.07, 6.45) is 4.04. The first-order valence-corrected chi connectivity index (χ1v) is 12.7. The molecule has 5 nitrogen and oxygen atoms in total. The molecule has 1 amide bonds. The van der Waals surface area contributed by atoms with Crippen molar-refractivity contribution in [2.24, 2.45) is 0 Å². The van der Waals surface area contributed by atoms with Crippen LogP contribution in [0.2, 0.25) is 0 Å². The highest BCUT2D eigenvalue weighted by Crippen LogP contribution is 2.32. The van der Waals surface area contributed by atoms with E-state index < -0.39 is 0 Å². The van der Waals surface area contributed by atoms with Gasteiger partial charge in [0, 0.05) is 18.8 Å². The SMILES string of the molecule is CCN1C(=O)/C(=c2/s/c(=C3\C=Cc4ccccc4N3CC)c(=O)n2-c2ccccc2)SC1=S. The maximum atomic E-state index is 13.9. The topological polar surface area (TPSA) is 45.6 Å². The van der Waals surface area contributed by atoms with Crippen molar-refractivity contribution in [1.29, 1.82) is 0 Å². The average Bonchev–Trinajstić information content (AvgIpc) is 3.33.